The average molecular weight is 302 g/mol. The van der Waals surface area contributed by atoms with Crippen molar-refractivity contribution in [3.63, 3.8) is 0 Å². The maximum atomic E-state index is 4.54. The highest BCUT2D eigenvalue weighted by atomic mass is 32.1. The minimum Gasteiger partial charge on any atom is -0.364 e. The summed E-state index contributed by atoms with van der Waals surface area (Å²) in [5.41, 5.74) is 4.10. The van der Waals surface area contributed by atoms with E-state index in [0.29, 0.717) is 11.6 Å². The van der Waals surface area contributed by atoms with E-state index in [1.54, 1.807) is 17.7 Å². The monoisotopic (exact) mass is 302 g/mol. The Bertz CT molecular complexity index is 732. The van der Waals surface area contributed by atoms with Gasteiger partial charge in [-0.1, -0.05) is 6.92 Å². The number of hydrogen-bond acceptors (Lipinski definition) is 6. The quantitative estimate of drug-likeness (QED) is 0.652. The number of imidazole rings is 1. The van der Waals surface area contributed by atoms with Crippen molar-refractivity contribution in [1.29, 1.82) is 0 Å². The third-order valence-corrected chi connectivity index (χ3v) is 4.14. The summed E-state index contributed by atoms with van der Waals surface area (Å²) in [4.78, 5) is 16.3. The van der Waals surface area contributed by atoms with Crippen molar-refractivity contribution in [2.24, 2.45) is 0 Å². The Morgan fingerprint density at radius 3 is 2.90 bits per heavy atom. The maximum absolute atomic E-state index is 4.54. The predicted octanol–water partition coefficient (Wildman–Crippen LogP) is 3.16. The van der Waals surface area contributed by atoms with E-state index in [1.165, 1.54) is 11.1 Å². The Morgan fingerprint density at radius 1 is 1.24 bits per heavy atom. The minimum atomic E-state index is 0.612. The first kappa shape index (κ1) is 13.8. The maximum Gasteiger partial charge on any atom is 0.226 e. The highest BCUT2D eigenvalue weighted by Crippen LogP contribution is 2.21. The van der Waals surface area contributed by atoms with Gasteiger partial charge in [0.2, 0.25) is 5.95 Å². The second kappa shape index (κ2) is 6.09. The van der Waals surface area contributed by atoms with Gasteiger partial charge in [0.1, 0.15) is 5.52 Å². The zero-order valence-electron chi connectivity index (χ0n) is 12.1. The van der Waals surface area contributed by atoms with E-state index in [-0.39, 0.29) is 0 Å². The lowest BCUT2D eigenvalue weighted by atomic mass is 10.2. The van der Waals surface area contributed by atoms with Gasteiger partial charge in [0.05, 0.1) is 6.33 Å². The van der Waals surface area contributed by atoms with E-state index in [9.17, 15) is 0 Å². The van der Waals surface area contributed by atoms with Gasteiger partial charge in [-0.25, -0.2) is 4.98 Å². The molecule has 0 aromatic carbocycles. The Morgan fingerprint density at radius 2 is 2.14 bits per heavy atom. The number of H-pyrrole nitrogens is 1. The molecule has 0 unspecified atom stereocenters. The van der Waals surface area contributed by atoms with Gasteiger partial charge < -0.3 is 15.6 Å². The van der Waals surface area contributed by atoms with Gasteiger partial charge in [-0.15, -0.1) is 0 Å². The van der Waals surface area contributed by atoms with Crippen molar-refractivity contribution < 1.29 is 0 Å². The van der Waals surface area contributed by atoms with Crippen molar-refractivity contribution in [2.75, 3.05) is 17.2 Å². The third kappa shape index (κ3) is 2.97. The van der Waals surface area contributed by atoms with Crippen LogP contribution in [0.4, 0.5) is 11.8 Å². The highest BCUT2D eigenvalue weighted by molar-refractivity contribution is 7.08. The van der Waals surface area contributed by atoms with Crippen LogP contribution in [0.5, 0.6) is 0 Å². The van der Waals surface area contributed by atoms with Gasteiger partial charge in [0.15, 0.2) is 11.5 Å². The van der Waals surface area contributed by atoms with E-state index >= 15 is 0 Å². The first-order valence-corrected chi connectivity index (χ1v) is 7.92. The number of rotatable bonds is 6. The summed E-state index contributed by atoms with van der Waals surface area (Å²) in [5.74, 6) is 1.39. The van der Waals surface area contributed by atoms with Crippen LogP contribution in [0.2, 0.25) is 0 Å². The molecule has 110 valence electrons. The number of aryl methyl sites for hydroxylation is 1. The van der Waals surface area contributed by atoms with Crippen LogP contribution in [0.3, 0.4) is 0 Å². The first-order valence-electron chi connectivity index (χ1n) is 6.98. The zero-order valence-corrected chi connectivity index (χ0v) is 12.9. The summed E-state index contributed by atoms with van der Waals surface area (Å²) in [6.45, 7) is 5.82. The number of anilines is 2. The standard InChI is InChI=1S/C14H18N6S/c1-3-4-15-14-19-12(11-13(20-14)18-8-17-11)16-5-10-7-21-6-9(10)2/h6-8H,3-5H2,1-2H3,(H3,15,16,17,18,19,20). The lowest BCUT2D eigenvalue weighted by Gasteiger charge is -2.09. The molecule has 0 aliphatic rings. The number of nitrogens with zero attached hydrogens (tertiary/aromatic N) is 3. The summed E-state index contributed by atoms with van der Waals surface area (Å²) in [7, 11) is 0. The van der Waals surface area contributed by atoms with Gasteiger partial charge in [0, 0.05) is 13.1 Å². The lowest BCUT2D eigenvalue weighted by molar-refractivity contribution is 0.954. The molecule has 3 rings (SSSR count). The van der Waals surface area contributed by atoms with Crippen LogP contribution in [0, 0.1) is 6.92 Å². The molecular weight excluding hydrogens is 284 g/mol. The highest BCUT2D eigenvalue weighted by Gasteiger charge is 2.10. The topological polar surface area (TPSA) is 78.5 Å². The fourth-order valence-corrected chi connectivity index (χ4v) is 2.88. The summed E-state index contributed by atoms with van der Waals surface area (Å²) >= 11 is 1.72. The summed E-state index contributed by atoms with van der Waals surface area (Å²) in [5, 5.41) is 10.9. The van der Waals surface area contributed by atoms with Crippen LogP contribution in [-0.2, 0) is 6.54 Å². The normalized spacial score (nSPS) is 11.0. The van der Waals surface area contributed by atoms with Gasteiger partial charge in [-0.3, -0.25) is 0 Å². The van der Waals surface area contributed by atoms with Crippen LogP contribution in [0.1, 0.15) is 24.5 Å². The molecule has 7 heteroatoms. The largest absolute Gasteiger partial charge is 0.364 e. The van der Waals surface area contributed by atoms with Crippen molar-refractivity contribution in [3.05, 3.63) is 28.2 Å². The zero-order chi connectivity index (χ0) is 14.7. The molecule has 6 nitrogen and oxygen atoms in total. The Kier molecular flexibility index (Phi) is 4.01. The van der Waals surface area contributed by atoms with E-state index in [4.69, 9.17) is 0 Å². The summed E-state index contributed by atoms with van der Waals surface area (Å²) in [6.07, 6.45) is 2.67. The molecule has 21 heavy (non-hydrogen) atoms. The Labute approximate surface area is 127 Å². The van der Waals surface area contributed by atoms with Gasteiger partial charge in [0.25, 0.3) is 0 Å². The molecule has 3 N–H and O–H groups in total. The molecule has 0 aliphatic carbocycles. The number of hydrogen-bond donors (Lipinski definition) is 3. The predicted molar refractivity (Wildman–Crippen MR) is 86.8 cm³/mol. The number of aromatic amines is 1. The Hall–Kier alpha value is -2.15. The van der Waals surface area contributed by atoms with E-state index in [2.05, 4.69) is 55.2 Å². The molecule has 3 heterocycles. The van der Waals surface area contributed by atoms with Crippen LogP contribution in [0.15, 0.2) is 17.1 Å². The molecule has 0 bridgehead atoms. The molecular formula is C14H18N6S. The summed E-state index contributed by atoms with van der Waals surface area (Å²) in [6, 6.07) is 0. The van der Waals surface area contributed by atoms with Crippen molar-refractivity contribution in [2.45, 2.75) is 26.8 Å². The second-order valence-electron chi connectivity index (χ2n) is 4.86. The van der Waals surface area contributed by atoms with Gasteiger partial charge >= 0.3 is 0 Å². The molecule has 3 aromatic heterocycles. The van der Waals surface area contributed by atoms with Crippen molar-refractivity contribution in [3.8, 4) is 0 Å². The number of nitrogens with one attached hydrogen (secondary N) is 3. The lowest BCUT2D eigenvalue weighted by Crippen LogP contribution is -2.08. The van der Waals surface area contributed by atoms with Crippen molar-refractivity contribution >= 4 is 34.3 Å². The third-order valence-electron chi connectivity index (χ3n) is 3.23. The number of thiophene rings is 1. The fourth-order valence-electron chi connectivity index (χ4n) is 2.02. The first-order chi connectivity index (χ1) is 10.3. The SMILES string of the molecule is CCCNc1nc(NCc2cscc2C)c2[nH]cnc2n1. The van der Waals surface area contributed by atoms with E-state index in [0.717, 1.165) is 30.8 Å². The summed E-state index contributed by atoms with van der Waals surface area (Å²) < 4.78 is 0. The molecule has 0 saturated carbocycles. The molecule has 0 fully saturated rings. The van der Waals surface area contributed by atoms with Gasteiger partial charge in [-0.05, 0) is 35.2 Å². The average Bonchev–Trinajstić information content (AvgIpc) is 3.11. The fraction of sp³-hybridized carbons (Fsp3) is 0.357. The van der Waals surface area contributed by atoms with E-state index < -0.39 is 0 Å². The number of fused-ring (bicyclic) bond motifs is 1. The van der Waals surface area contributed by atoms with Gasteiger partial charge in [-0.2, -0.15) is 21.3 Å². The number of aromatic nitrogens is 4. The van der Waals surface area contributed by atoms with E-state index in [1.807, 2.05) is 0 Å². The molecule has 0 aliphatic heterocycles. The molecule has 0 amide bonds. The molecule has 0 radical (unpaired) electrons. The van der Waals surface area contributed by atoms with Crippen LogP contribution >= 0.6 is 11.3 Å². The van der Waals surface area contributed by atoms with Crippen LogP contribution in [0.25, 0.3) is 11.2 Å². The van der Waals surface area contributed by atoms with Crippen LogP contribution in [-0.4, -0.2) is 26.5 Å². The molecule has 0 atom stereocenters. The minimum absolute atomic E-state index is 0.612. The molecule has 3 aromatic rings. The second-order valence-corrected chi connectivity index (χ2v) is 5.60. The molecule has 0 spiro atoms. The molecule has 0 saturated heterocycles. The van der Waals surface area contributed by atoms with Crippen molar-refractivity contribution in [1.82, 2.24) is 19.9 Å². The van der Waals surface area contributed by atoms with Crippen LogP contribution < -0.4 is 10.6 Å². The smallest absolute Gasteiger partial charge is 0.226 e. The Balaban J connectivity index is 1.85.